The van der Waals surface area contributed by atoms with Gasteiger partial charge in [0.05, 0.1) is 27.8 Å². The molecule has 0 aliphatic carbocycles. The Hall–Kier alpha value is -2.56. The number of rotatable bonds is 1. The summed E-state index contributed by atoms with van der Waals surface area (Å²) in [5.74, 6) is 0. The first kappa shape index (κ1) is 20.1. The number of hydrogen-bond acceptors (Lipinski definition) is 2. The number of benzene rings is 3. The van der Waals surface area contributed by atoms with Crippen molar-refractivity contribution >= 4 is 50.7 Å². The Balaban J connectivity index is 1.60. The van der Waals surface area contributed by atoms with Crippen molar-refractivity contribution in [1.29, 1.82) is 0 Å². The summed E-state index contributed by atoms with van der Waals surface area (Å²) in [6, 6.07) is 20.3. The van der Waals surface area contributed by atoms with E-state index in [1.807, 2.05) is 0 Å². The fourth-order valence-electron chi connectivity index (χ4n) is 5.09. The molecule has 3 heterocycles. The van der Waals surface area contributed by atoms with Crippen LogP contribution < -0.4 is 5.46 Å². The maximum absolute atomic E-state index is 6.33. The lowest BCUT2D eigenvalue weighted by atomic mass is 9.78. The zero-order valence-corrected chi connectivity index (χ0v) is 20.0. The first-order chi connectivity index (χ1) is 15.0. The fraction of sp³-hybridized carbons (Fsp3) is 0.357. The van der Waals surface area contributed by atoms with E-state index >= 15 is 0 Å². The van der Waals surface area contributed by atoms with Gasteiger partial charge in [-0.3, -0.25) is 0 Å². The highest BCUT2D eigenvalue weighted by molar-refractivity contribution is 6.62. The molecule has 0 spiro atoms. The minimum atomic E-state index is -0.351. The number of para-hydroxylation sites is 1. The van der Waals surface area contributed by atoms with Crippen LogP contribution in [-0.2, 0) is 14.7 Å². The molecule has 0 unspecified atom stereocenters. The van der Waals surface area contributed by atoms with Crippen LogP contribution in [0.5, 0.6) is 0 Å². The smallest absolute Gasteiger partial charge is 0.399 e. The highest BCUT2D eigenvalue weighted by Gasteiger charge is 2.51. The van der Waals surface area contributed by atoms with Crippen LogP contribution in [0.3, 0.4) is 0 Å². The van der Waals surface area contributed by atoms with Crippen LogP contribution in [0.25, 0.3) is 38.1 Å². The first-order valence-electron chi connectivity index (χ1n) is 11.6. The van der Waals surface area contributed by atoms with E-state index in [1.54, 1.807) is 0 Å². The van der Waals surface area contributed by atoms with Crippen molar-refractivity contribution in [1.82, 2.24) is 4.40 Å². The van der Waals surface area contributed by atoms with Gasteiger partial charge in [-0.15, -0.1) is 0 Å². The van der Waals surface area contributed by atoms with Gasteiger partial charge in [0.25, 0.3) is 0 Å². The molecule has 1 aliphatic heterocycles. The SMILES string of the molecule is CC(C)(C)c1ccc2c(c1)c1cccc3c4cc(B5OC(C)(C)C(C)(C)O5)ccc4n2c31. The number of nitrogens with zero attached hydrogens (tertiary/aromatic N) is 1. The molecule has 3 aromatic carbocycles. The Bertz CT molecular complexity index is 1500. The summed E-state index contributed by atoms with van der Waals surface area (Å²) >= 11 is 0. The fourth-order valence-corrected chi connectivity index (χ4v) is 5.09. The van der Waals surface area contributed by atoms with Gasteiger partial charge < -0.3 is 13.7 Å². The highest BCUT2D eigenvalue weighted by atomic mass is 16.7. The Kier molecular flexibility index (Phi) is 3.80. The van der Waals surface area contributed by atoms with Crippen molar-refractivity contribution < 1.29 is 9.31 Å². The van der Waals surface area contributed by atoms with Gasteiger partial charge in [0.2, 0.25) is 0 Å². The summed E-state index contributed by atoms with van der Waals surface area (Å²) in [6.07, 6.45) is 0. The van der Waals surface area contributed by atoms with Crippen molar-refractivity contribution in [3.05, 3.63) is 60.2 Å². The van der Waals surface area contributed by atoms with Crippen molar-refractivity contribution in [3.63, 3.8) is 0 Å². The second-order valence-electron chi connectivity index (χ2n) is 11.4. The van der Waals surface area contributed by atoms with Gasteiger partial charge in [0, 0.05) is 21.5 Å². The third kappa shape index (κ3) is 2.57. The average Bonchev–Trinajstić information content (AvgIpc) is 3.30. The second kappa shape index (κ2) is 6.06. The van der Waals surface area contributed by atoms with E-state index in [9.17, 15) is 0 Å². The number of aromatic nitrogens is 1. The Labute approximate surface area is 189 Å². The average molecular weight is 423 g/mol. The van der Waals surface area contributed by atoms with Gasteiger partial charge in [-0.25, -0.2) is 0 Å². The van der Waals surface area contributed by atoms with Crippen LogP contribution in [0.4, 0.5) is 0 Å². The van der Waals surface area contributed by atoms with E-state index in [0.29, 0.717) is 0 Å². The van der Waals surface area contributed by atoms with Gasteiger partial charge in [0.15, 0.2) is 0 Å². The summed E-state index contributed by atoms with van der Waals surface area (Å²) in [5, 5.41) is 5.18. The van der Waals surface area contributed by atoms with Gasteiger partial charge in [-0.05, 0) is 62.3 Å². The summed E-state index contributed by atoms with van der Waals surface area (Å²) < 4.78 is 15.1. The molecular weight excluding hydrogens is 393 g/mol. The van der Waals surface area contributed by atoms with Crippen molar-refractivity contribution in [3.8, 4) is 0 Å². The van der Waals surface area contributed by atoms with Crippen LogP contribution in [-0.4, -0.2) is 22.7 Å². The van der Waals surface area contributed by atoms with Gasteiger partial charge >= 0.3 is 7.12 Å². The monoisotopic (exact) mass is 423 g/mol. The molecule has 32 heavy (non-hydrogen) atoms. The van der Waals surface area contributed by atoms with Crippen molar-refractivity contribution in [2.75, 3.05) is 0 Å². The molecule has 0 radical (unpaired) electrons. The molecule has 1 fully saturated rings. The van der Waals surface area contributed by atoms with E-state index in [4.69, 9.17) is 9.31 Å². The molecule has 4 heteroatoms. The molecule has 0 bridgehead atoms. The molecule has 5 aromatic rings. The Morgan fingerprint density at radius 3 is 1.88 bits per heavy atom. The maximum atomic E-state index is 6.33. The van der Waals surface area contributed by atoms with Crippen LogP contribution in [0.2, 0.25) is 0 Å². The number of fused-ring (bicyclic) bond motifs is 6. The molecule has 0 saturated carbocycles. The van der Waals surface area contributed by atoms with E-state index < -0.39 is 0 Å². The third-order valence-electron chi connectivity index (χ3n) is 7.73. The van der Waals surface area contributed by atoms with Gasteiger partial charge in [-0.1, -0.05) is 57.2 Å². The van der Waals surface area contributed by atoms with Gasteiger partial charge in [0.1, 0.15) is 0 Å². The lowest BCUT2D eigenvalue weighted by Crippen LogP contribution is -2.41. The highest BCUT2D eigenvalue weighted by Crippen LogP contribution is 2.41. The lowest BCUT2D eigenvalue weighted by Gasteiger charge is -2.32. The van der Waals surface area contributed by atoms with Crippen LogP contribution >= 0.6 is 0 Å². The molecule has 1 aliphatic rings. The maximum Gasteiger partial charge on any atom is 0.494 e. The Morgan fingerprint density at radius 1 is 0.719 bits per heavy atom. The largest absolute Gasteiger partial charge is 0.494 e. The Morgan fingerprint density at radius 2 is 1.28 bits per heavy atom. The molecule has 0 N–H and O–H groups in total. The van der Waals surface area contributed by atoms with E-state index in [-0.39, 0.29) is 23.7 Å². The minimum absolute atomic E-state index is 0.125. The van der Waals surface area contributed by atoms with E-state index in [2.05, 4.69) is 107 Å². The standard InChI is InChI=1S/C28H30BNO2/c1-26(2,3)17-11-13-23-21(15-17)19-9-8-10-20-22-16-18(12-14-24(22)30(23)25(19)20)29-31-27(4,5)28(6,7)32-29/h8-16H,1-7H3. The van der Waals surface area contributed by atoms with E-state index in [1.165, 1.54) is 43.7 Å². The predicted molar refractivity (Wildman–Crippen MR) is 136 cm³/mol. The lowest BCUT2D eigenvalue weighted by molar-refractivity contribution is 0.00578. The first-order valence-corrected chi connectivity index (χ1v) is 11.6. The second-order valence-corrected chi connectivity index (χ2v) is 11.4. The van der Waals surface area contributed by atoms with Gasteiger partial charge in [-0.2, -0.15) is 0 Å². The molecule has 6 rings (SSSR count). The topological polar surface area (TPSA) is 22.9 Å². The third-order valence-corrected chi connectivity index (χ3v) is 7.73. The molecule has 3 nitrogen and oxygen atoms in total. The van der Waals surface area contributed by atoms with Crippen molar-refractivity contribution in [2.45, 2.75) is 65.1 Å². The zero-order chi connectivity index (χ0) is 22.6. The summed E-state index contributed by atoms with van der Waals surface area (Å²) in [7, 11) is -0.351. The predicted octanol–water partition coefficient (Wildman–Crippen LogP) is 6.43. The normalized spacial score (nSPS) is 18.7. The summed E-state index contributed by atoms with van der Waals surface area (Å²) in [4.78, 5) is 0. The summed E-state index contributed by atoms with van der Waals surface area (Å²) in [6.45, 7) is 15.2. The summed E-state index contributed by atoms with van der Waals surface area (Å²) in [5.41, 5.74) is 5.68. The van der Waals surface area contributed by atoms with Crippen molar-refractivity contribution in [2.24, 2.45) is 0 Å². The van der Waals surface area contributed by atoms with Crippen LogP contribution in [0, 0.1) is 0 Å². The molecule has 0 atom stereocenters. The quantitative estimate of drug-likeness (QED) is 0.290. The molecule has 162 valence electrons. The van der Waals surface area contributed by atoms with Crippen LogP contribution in [0.1, 0.15) is 54.0 Å². The minimum Gasteiger partial charge on any atom is -0.399 e. The number of hydrogen-bond donors (Lipinski definition) is 0. The van der Waals surface area contributed by atoms with E-state index in [0.717, 1.165) is 5.46 Å². The van der Waals surface area contributed by atoms with Crippen LogP contribution in [0.15, 0.2) is 54.6 Å². The molecule has 0 amide bonds. The molecule has 1 saturated heterocycles. The molecule has 2 aromatic heterocycles. The molecular formula is C28H30BNO2. The zero-order valence-electron chi connectivity index (χ0n) is 20.0.